The molecular formula is C10H21N2O5S+. The van der Waals surface area contributed by atoms with Gasteiger partial charge in [-0.3, -0.25) is 9.35 Å². The summed E-state index contributed by atoms with van der Waals surface area (Å²) in [6.07, 6.45) is 0. The number of ether oxygens (including phenoxy) is 1. The molecular weight excluding hydrogens is 260 g/mol. The van der Waals surface area contributed by atoms with E-state index in [1.54, 1.807) is 0 Å². The summed E-state index contributed by atoms with van der Waals surface area (Å²) < 4.78 is 36.3. The average molecular weight is 281 g/mol. The number of quaternary nitrogens is 1. The van der Waals surface area contributed by atoms with Crippen LogP contribution in [-0.2, 0) is 19.6 Å². The third-order valence-corrected chi connectivity index (χ3v) is 3.90. The summed E-state index contributed by atoms with van der Waals surface area (Å²) in [7, 11) is -3.95. The van der Waals surface area contributed by atoms with Gasteiger partial charge in [-0.15, -0.1) is 0 Å². The number of amides is 1. The van der Waals surface area contributed by atoms with Gasteiger partial charge in [0.15, 0.2) is 0 Å². The number of carbonyl (C=O) groups excluding carboxylic acids is 1. The standard InChI is InChI=1S/C10H20N2O5S/c1-10(13)11-2-3-12(4-7-17-8-5-12)6-9-18(14,15)16/h2-9H2,1H3,(H-,11,13,14,15,16)/p+1. The van der Waals surface area contributed by atoms with Gasteiger partial charge in [-0.2, -0.15) is 8.42 Å². The molecule has 0 atom stereocenters. The van der Waals surface area contributed by atoms with Crippen molar-refractivity contribution >= 4 is 16.0 Å². The van der Waals surface area contributed by atoms with Gasteiger partial charge in [0, 0.05) is 6.92 Å². The van der Waals surface area contributed by atoms with Gasteiger partial charge >= 0.3 is 0 Å². The summed E-state index contributed by atoms with van der Waals surface area (Å²) in [6.45, 7) is 5.50. The van der Waals surface area contributed by atoms with E-state index < -0.39 is 10.1 Å². The molecule has 0 aromatic carbocycles. The topological polar surface area (TPSA) is 92.7 Å². The van der Waals surface area contributed by atoms with E-state index in [2.05, 4.69) is 5.32 Å². The maximum Gasteiger partial charge on any atom is 0.270 e. The molecule has 7 nitrogen and oxygen atoms in total. The van der Waals surface area contributed by atoms with Gasteiger partial charge in [-0.05, 0) is 0 Å². The molecule has 1 amide bonds. The highest BCUT2D eigenvalue weighted by Gasteiger charge is 2.31. The zero-order valence-electron chi connectivity index (χ0n) is 10.6. The van der Waals surface area contributed by atoms with E-state index >= 15 is 0 Å². The van der Waals surface area contributed by atoms with Crippen LogP contribution in [0, 0.1) is 0 Å². The minimum atomic E-state index is -3.95. The molecule has 2 N–H and O–H groups in total. The molecule has 1 fully saturated rings. The zero-order valence-corrected chi connectivity index (χ0v) is 11.4. The first kappa shape index (κ1) is 15.4. The predicted molar refractivity (Wildman–Crippen MR) is 65.6 cm³/mol. The number of morpholine rings is 1. The molecule has 1 saturated heterocycles. The van der Waals surface area contributed by atoms with Crippen molar-refractivity contribution in [2.45, 2.75) is 6.92 Å². The lowest BCUT2D eigenvalue weighted by atomic mass is 10.3. The molecule has 18 heavy (non-hydrogen) atoms. The number of nitrogens with zero attached hydrogens (tertiary/aromatic N) is 1. The van der Waals surface area contributed by atoms with Crippen molar-refractivity contribution < 1.29 is 27.0 Å². The monoisotopic (exact) mass is 281 g/mol. The number of hydrogen-bond acceptors (Lipinski definition) is 4. The van der Waals surface area contributed by atoms with Crippen LogP contribution in [0.5, 0.6) is 0 Å². The predicted octanol–water partition coefficient (Wildman–Crippen LogP) is -1.14. The van der Waals surface area contributed by atoms with Gasteiger partial charge in [0.1, 0.15) is 18.8 Å². The maximum absolute atomic E-state index is 10.8. The Balaban J connectivity index is 2.54. The molecule has 1 aliphatic rings. The van der Waals surface area contributed by atoms with Crippen LogP contribution in [0.4, 0.5) is 0 Å². The Bertz CT molecular complexity index is 376. The van der Waals surface area contributed by atoms with Crippen LogP contribution in [0.1, 0.15) is 6.92 Å². The molecule has 0 aliphatic carbocycles. The molecule has 106 valence electrons. The second-order valence-electron chi connectivity index (χ2n) is 4.62. The SMILES string of the molecule is CC(=O)NCC[N+]1(CCS(=O)(=O)O)CCOCC1. The van der Waals surface area contributed by atoms with Crippen molar-refractivity contribution in [3.05, 3.63) is 0 Å². The number of rotatable bonds is 6. The van der Waals surface area contributed by atoms with Crippen molar-refractivity contribution in [3.8, 4) is 0 Å². The van der Waals surface area contributed by atoms with E-state index in [1.807, 2.05) is 0 Å². The maximum atomic E-state index is 10.8. The highest BCUT2D eigenvalue weighted by Crippen LogP contribution is 2.11. The van der Waals surface area contributed by atoms with Gasteiger partial charge in [0.25, 0.3) is 10.1 Å². The highest BCUT2D eigenvalue weighted by atomic mass is 32.2. The molecule has 0 aromatic heterocycles. The molecule has 0 saturated carbocycles. The highest BCUT2D eigenvalue weighted by molar-refractivity contribution is 7.85. The average Bonchev–Trinajstić information content (AvgIpc) is 2.27. The van der Waals surface area contributed by atoms with Crippen LogP contribution in [0.25, 0.3) is 0 Å². The Morgan fingerprint density at radius 3 is 2.44 bits per heavy atom. The number of nitrogens with one attached hydrogen (secondary N) is 1. The summed E-state index contributed by atoms with van der Waals surface area (Å²) in [4.78, 5) is 10.8. The number of carbonyl (C=O) groups is 1. The van der Waals surface area contributed by atoms with Gasteiger partial charge in [0.05, 0.1) is 32.8 Å². The second-order valence-corrected chi connectivity index (χ2v) is 6.19. The normalized spacial score (nSPS) is 19.4. The zero-order chi connectivity index (χ0) is 13.6. The molecule has 1 rings (SSSR count). The summed E-state index contributed by atoms with van der Waals surface area (Å²) in [5, 5.41) is 2.71. The van der Waals surface area contributed by atoms with Gasteiger partial charge in [-0.25, -0.2) is 0 Å². The third kappa shape index (κ3) is 5.76. The lowest BCUT2D eigenvalue weighted by Gasteiger charge is -2.41. The van der Waals surface area contributed by atoms with Crippen molar-refractivity contribution in [3.63, 3.8) is 0 Å². The summed E-state index contributed by atoms with van der Waals surface area (Å²) in [6, 6.07) is 0. The van der Waals surface area contributed by atoms with Crippen LogP contribution < -0.4 is 5.32 Å². The molecule has 1 heterocycles. The largest absolute Gasteiger partial charge is 0.370 e. The van der Waals surface area contributed by atoms with Crippen molar-refractivity contribution in [2.24, 2.45) is 0 Å². The quantitative estimate of drug-likeness (QED) is 0.474. The minimum absolute atomic E-state index is 0.101. The van der Waals surface area contributed by atoms with Crippen molar-refractivity contribution in [2.75, 3.05) is 51.7 Å². The van der Waals surface area contributed by atoms with Crippen LogP contribution in [-0.4, -0.2) is 75.1 Å². The fraction of sp³-hybridized carbons (Fsp3) is 0.900. The molecule has 0 spiro atoms. The molecule has 8 heteroatoms. The smallest absolute Gasteiger partial charge is 0.270 e. The van der Waals surface area contributed by atoms with Crippen molar-refractivity contribution in [1.29, 1.82) is 0 Å². The van der Waals surface area contributed by atoms with Crippen LogP contribution in [0.3, 0.4) is 0 Å². The molecule has 0 unspecified atom stereocenters. The summed E-state index contributed by atoms with van der Waals surface area (Å²) in [5.41, 5.74) is 0. The molecule has 0 aromatic rings. The molecule has 0 bridgehead atoms. The Morgan fingerprint density at radius 1 is 1.33 bits per heavy atom. The molecule has 1 aliphatic heterocycles. The van der Waals surface area contributed by atoms with E-state index in [0.29, 0.717) is 50.4 Å². The van der Waals surface area contributed by atoms with Crippen LogP contribution in [0.2, 0.25) is 0 Å². The Hall–Kier alpha value is -0.700. The van der Waals surface area contributed by atoms with Crippen molar-refractivity contribution in [1.82, 2.24) is 5.32 Å². The fourth-order valence-corrected chi connectivity index (χ4v) is 2.69. The Labute approximate surface area is 107 Å². The van der Waals surface area contributed by atoms with Gasteiger partial charge in [-0.1, -0.05) is 0 Å². The third-order valence-electron chi connectivity index (χ3n) is 3.20. The fourth-order valence-electron chi connectivity index (χ4n) is 2.07. The summed E-state index contributed by atoms with van der Waals surface area (Å²) >= 11 is 0. The van der Waals surface area contributed by atoms with Gasteiger partial charge in [0.2, 0.25) is 5.91 Å². The van der Waals surface area contributed by atoms with E-state index in [0.717, 1.165) is 0 Å². The first-order valence-electron chi connectivity index (χ1n) is 5.95. The Morgan fingerprint density at radius 2 is 1.94 bits per heavy atom. The lowest BCUT2D eigenvalue weighted by molar-refractivity contribution is -0.931. The van der Waals surface area contributed by atoms with Crippen LogP contribution >= 0.6 is 0 Å². The summed E-state index contributed by atoms with van der Waals surface area (Å²) in [5.74, 6) is -0.358. The van der Waals surface area contributed by atoms with Crippen LogP contribution in [0.15, 0.2) is 0 Å². The first-order valence-corrected chi connectivity index (χ1v) is 7.56. The lowest BCUT2D eigenvalue weighted by Crippen LogP contribution is -2.59. The van der Waals surface area contributed by atoms with Gasteiger partial charge < -0.3 is 14.5 Å². The second kappa shape index (κ2) is 6.46. The minimum Gasteiger partial charge on any atom is -0.370 e. The number of hydrogen-bond donors (Lipinski definition) is 2. The first-order chi connectivity index (χ1) is 8.33. The van der Waals surface area contributed by atoms with E-state index in [-0.39, 0.29) is 11.7 Å². The molecule has 0 radical (unpaired) electrons. The van der Waals surface area contributed by atoms with E-state index in [9.17, 15) is 13.2 Å². The van der Waals surface area contributed by atoms with E-state index in [1.165, 1.54) is 6.92 Å². The van der Waals surface area contributed by atoms with E-state index in [4.69, 9.17) is 9.29 Å². The Kier molecular flexibility index (Phi) is 5.51.